The number of ether oxygens (including phenoxy) is 1. The van der Waals surface area contributed by atoms with E-state index in [2.05, 4.69) is 15.9 Å². The van der Waals surface area contributed by atoms with Crippen molar-refractivity contribution in [2.75, 3.05) is 25.1 Å². The van der Waals surface area contributed by atoms with Crippen molar-refractivity contribution >= 4 is 29.2 Å². The van der Waals surface area contributed by atoms with Gasteiger partial charge in [0.1, 0.15) is 22.2 Å². The number of anilines is 1. The molecule has 1 amide bonds. The van der Waals surface area contributed by atoms with Crippen LogP contribution in [0, 0.1) is 17.9 Å². The van der Waals surface area contributed by atoms with Crippen LogP contribution in [0.3, 0.4) is 0 Å². The average Bonchev–Trinajstić information content (AvgIpc) is 2.70. The first-order valence-electron chi connectivity index (χ1n) is 9.17. The Balaban J connectivity index is 2.09. The zero-order chi connectivity index (χ0) is 21.0. The Hall–Kier alpha value is -3.07. The maximum atomic E-state index is 12.2. The summed E-state index contributed by atoms with van der Waals surface area (Å²) in [4.78, 5) is 22.5. The van der Waals surface area contributed by atoms with Gasteiger partial charge in [0.2, 0.25) is 11.6 Å². The van der Waals surface area contributed by atoms with Crippen LogP contribution in [0.4, 0.5) is 11.5 Å². The van der Waals surface area contributed by atoms with Gasteiger partial charge >= 0.3 is 0 Å². The van der Waals surface area contributed by atoms with Crippen molar-refractivity contribution in [2.24, 2.45) is 5.73 Å². The molecule has 2 heterocycles. The average molecular weight is 407 g/mol. The molecule has 148 valence electrons. The number of hydrogen-bond donors (Lipinski definition) is 1. The maximum Gasteiger partial charge on any atom is 0.235 e. The fourth-order valence-corrected chi connectivity index (χ4v) is 4.32. The standard InChI is InChI=1S/C21H21N5O2S/c1-4-15-16(10-22)21(29-18(19(23)27)13-8-6-5-7-9-13)25-20(17(15)24-2)26-11-14(12-26)28-3/h5-9,14,18H,4,11-12H2,1,3H3,(H2,23,27). The fourth-order valence-electron chi connectivity index (χ4n) is 3.26. The predicted octanol–water partition coefficient (Wildman–Crippen LogP) is 3.22. The zero-order valence-electron chi connectivity index (χ0n) is 16.3. The van der Waals surface area contributed by atoms with Gasteiger partial charge in [0.05, 0.1) is 18.2 Å². The second kappa shape index (κ2) is 8.95. The molecule has 1 saturated heterocycles. The summed E-state index contributed by atoms with van der Waals surface area (Å²) in [6, 6.07) is 11.4. The van der Waals surface area contributed by atoms with Gasteiger partial charge in [-0.15, -0.1) is 0 Å². The number of methoxy groups -OCH3 is 1. The summed E-state index contributed by atoms with van der Waals surface area (Å²) in [6.45, 7) is 10.8. The van der Waals surface area contributed by atoms with E-state index in [4.69, 9.17) is 17.0 Å². The number of rotatable bonds is 7. The van der Waals surface area contributed by atoms with Crippen LogP contribution in [0.1, 0.15) is 28.9 Å². The van der Waals surface area contributed by atoms with E-state index in [1.54, 1.807) is 7.11 Å². The number of thioether (sulfide) groups is 1. The lowest BCUT2D eigenvalue weighted by Gasteiger charge is -2.40. The van der Waals surface area contributed by atoms with Gasteiger partial charge in [-0.05, 0) is 17.5 Å². The molecule has 0 radical (unpaired) electrons. The van der Waals surface area contributed by atoms with Crippen LogP contribution in [0.15, 0.2) is 35.4 Å². The Labute approximate surface area is 174 Å². The van der Waals surface area contributed by atoms with E-state index in [1.165, 1.54) is 0 Å². The Morgan fingerprint density at radius 2 is 2.17 bits per heavy atom. The molecule has 1 aliphatic heterocycles. The van der Waals surface area contributed by atoms with Crippen molar-refractivity contribution in [3.8, 4) is 6.07 Å². The second-order valence-electron chi connectivity index (χ2n) is 6.59. The molecule has 8 heteroatoms. The normalized spacial score (nSPS) is 14.6. The third kappa shape index (κ3) is 4.04. The molecule has 0 bridgehead atoms. The maximum absolute atomic E-state index is 12.2. The number of hydrogen-bond acceptors (Lipinski definition) is 6. The summed E-state index contributed by atoms with van der Waals surface area (Å²) in [7, 11) is 1.65. The quantitative estimate of drug-likeness (QED) is 0.559. The van der Waals surface area contributed by atoms with E-state index < -0.39 is 11.2 Å². The number of aromatic nitrogens is 1. The van der Waals surface area contributed by atoms with E-state index >= 15 is 0 Å². The molecular weight excluding hydrogens is 386 g/mol. The largest absolute Gasteiger partial charge is 0.378 e. The molecule has 2 aromatic rings. The number of amides is 1. The Morgan fingerprint density at radius 3 is 2.69 bits per heavy atom. The van der Waals surface area contributed by atoms with Crippen molar-refractivity contribution in [1.82, 2.24) is 4.98 Å². The highest BCUT2D eigenvalue weighted by molar-refractivity contribution is 8.00. The monoisotopic (exact) mass is 407 g/mol. The Bertz CT molecular complexity index is 991. The first-order chi connectivity index (χ1) is 14.0. The molecule has 1 unspecified atom stereocenters. The van der Waals surface area contributed by atoms with Gasteiger partial charge in [-0.3, -0.25) is 4.79 Å². The van der Waals surface area contributed by atoms with E-state index in [9.17, 15) is 10.1 Å². The summed E-state index contributed by atoms with van der Waals surface area (Å²) in [5, 5.41) is 9.53. The highest BCUT2D eigenvalue weighted by Gasteiger charge is 2.33. The molecule has 1 aliphatic rings. The number of carbonyl (C=O) groups is 1. The van der Waals surface area contributed by atoms with E-state index in [1.807, 2.05) is 42.2 Å². The molecule has 1 atom stereocenters. The van der Waals surface area contributed by atoms with Gasteiger partial charge in [0.25, 0.3) is 0 Å². The van der Waals surface area contributed by atoms with E-state index in [-0.39, 0.29) is 6.10 Å². The van der Waals surface area contributed by atoms with Crippen LogP contribution in [0.5, 0.6) is 0 Å². The van der Waals surface area contributed by atoms with Crippen LogP contribution in [-0.2, 0) is 16.0 Å². The van der Waals surface area contributed by atoms with Gasteiger partial charge in [-0.1, -0.05) is 49.0 Å². The topological polar surface area (TPSA) is 96.6 Å². The molecule has 1 fully saturated rings. The van der Waals surface area contributed by atoms with Crippen molar-refractivity contribution in [3.63, 3.8) is 0 Å². The number of nitrogens with zero attached hydrogens (tertiary/aromatic N) is 4. The number of benzene rings is 1. The van der Waals surface area contributed by atoms with Crippen LogP contribution < -0.4 is 10.6 Å². The van der Waals surface area contributed by atoms with Gasteiger partial charge in [-0.25, -0.2) is 9.83 Å². The number of pyridine rings is 1. The Morgan fingerprint density at radius 1 is 1.48 bits per heavy atom. The van der Waals surface area contributed by atoms with Crippen LogP contribution in [0.25, 0.3) is 4.85 Å². The molecule has 3 rings (SSSR count). The highest BCUT2D eigenvalue weighted by Crippen LogP contribution is 2.43. The summed E-state index contributed by atoms with van der Waals surface area (Å²) >= 11 is 1.15. The molecule has 0 saturated carbocycles. The van der Waals surface area contributed by atoms with Crippen LogP contribution in [0.2, 0.25) is 0 Å². The zero-order valence-corrected chi connectivity index (χ0v) is 17.1. The summed E-state index contributed by atoms with van der Waals surface area (Å²) in [5.41, 5.74) is 7.77. The first kappa shape index (κ1) is 20.7. The van der Waals surface area contributed by atoms with Gasteiger partial charge < -0.3 is 15.4 Å². The Kier molecular flexibility index (Phi) is 6.38. The second-order valence-corrected chi connectivity index (χ2v) is 7.69. The number of carbonyl (C=O) groups excluding carboxylic acids is 1. The lowest BCUT2D eigenvalue weighted by atomic mass is 10.0. The number of nitrogens with two attached hydrogens (primary N) is 1. The number of nitriles is 1. The minimum atomic E-state index is -0.685. The minimum Gasteiger partial charge on any atom is -0.378 e. The van der Waals surface area contributed by atoms with Crippen LogP contribution in [-0.4, -0.2) is 37.2 Å². The minimum absolute atomic E-state index is 0.0925. The van der Waals surface area contributed by atoms with Crippen molar-refractivity contribution < 1.29 is 9.53 Å². The smallest absolute Gasteiger partial charge is 0.235 e. The summed E-state index contributed by atoms with van der Waals surface area (Å²) in [6.07, 6.45) is 0.604. The van der Waals surface area contributed by atoms with Crippen molar-refractivity contribution in [1.29, 1.82) is 5.26 Å². The van der Waals surface area contributed by atoms with Crippen molar-refractivity contribution in [3.05, 3.63) is 58.4 Å². The van der Waals surface area contributed by atoms with Gasteiger partial charge in [0.15, 0.2) is 0 Å². The predicted molar refractivity (Wildman–Crippen MR) is 112 cm³/mol. The van der Waals surface area contributed by atoms with Gasteiger partial charge in [0, 0.05) is 20.2 Å². The highest BCUT2D eigenvalue weighted by atomic mass is 32.2. The third-order valence-corrected chi connectivity index (χ3v) is 6.13. The van der Waals surface area contributed by atoms with E-state index in [0.717, 1.165) is 17.3 Å². The molecular formula is C21H21N5O2S. The first-order valence-corrected chi connectivity index (χ1v) is 10.0. The molecule has 0 spiro atoms. The molecule has 1 aromatic carbocycles. The lowest BCUT2D eigenvalue weighted by Crippen LogP contribution is -2.52. The molecule has 29 heavy (non-hydrogen) atoms. The molecule has 2 N–H and O–H groups in total. The lowest BCUT2D eigenvalue weighted by molar-refractivity contribution is -0.117. The summed E-state index contributed by atoms with van der Waals surface area (Å²) in [5.74, 6) is 0.0204. The number of primary amides is 1. The molecule has 0 aliphatic carbocycles. The van der Waals surface area contributed by atoms with Crippen molar-refractivity contribution in [2.45, 2.75) is 29.7 Å². The SMILES string of the molecule is [C-]#[N+]c1c(N2CC(OC)C2)nc(SC(C(N)=O)c2ccccc2)c(C#N)c1CC. The fraction of sp³-hybridized carbons (Fsp3) is 0.333. The molecule has 7 nitrogen and oxygen atoms in total. The van der Waals surface area contributed by atoms with Crippen LogP contribution >= 0.6 is 11.8 Å². The van der Waals surface area contributed by atoms with Gasteiger partial charge in [-0.2, -0.15) is 5.26 Å². The molecule has 1 aromatic heterocycles. The third-order valence-electron chi connectivity index (χ3n) is 4.87. The van der Waals surface area contributed by atoms with E-state index in [0.29, 0.717) is 47.2 Å². The summed E-state index contributed by atoms with van der Waals surface area (Å²) < 4.78 is 5.33.